The van der Waals surface area contributed by atoms with Gasteiger partial charge in [-0.25, -0.2) is 4.98 Å². The molecule has 0 aliphatic carbocycles. The van der Waals surface area contributed by atoms with Crippen molar-refractivity contribution >= 4 is 38.9 Å². The van der Waals surface area contributed by atoms with Gasteiger partial charge in [0.2, 0.25) is 0 Å². The van der Waals surface area contributed by atoms with Gasteiger partial charge in [0.25, 0.3) is 5.91 Å². The second-order valence-corrected chi connectivity index (χ2v) is 6.07. The molecule has 0 aliphatic rings. The van der Waals surface area contributed by atoms with Gasteiger partial charge in [-0.3, -0.25) is 4.79 Å². The molecule has 0 aliphatic heterocycles. The molecule has 2 aromatic rings. The highest BCUT2D eigenvalue weighted by Gasteiger charge is 2.09. The normalized spacial score (nSPS) is 10.4. The number of nitrogen functional groups attached to an aromatic ring is 1. The van der Waals surface area contributed by atoms with Crippen molar-refractivity contribution in [2.24, 2.45) is 0 Å². The Balaban J connectivity index is 1.92. The Labute approximate surface area is 124 Å². The fourth-order valence-electron chi connectivity index (χ4n) is 1.65. The van der Waals surface area contributed by atoms with E-state index < -0.39 is 0 Å². The Morgan fingerprint density at radius 3 is 3.00 bits per heavy atom. The van der Waals surface area contributed by atoms with Crippen LogP contribution in [0.1, 0.15) is 21.1 Å². The maximum atomic E-state index is 12.0. The smallest absolute Gasteiger partial charge is 0.253 e. The largest absolute Gasteiger partial charge is 0.398 e. The summed E-state index contributed by atoms with van der Waals surface area (Å²) in [6, 6.07) is 5.24. The van der Waals surface area contributed by atoms with E-state index in [1.54, 1.807) is 23.5 Å². The second-order valence-electron chi connectivity index (χ2n) is 4.10. The van der Waals surface area contributed by atoms with Gasteiger partial charge in [0.1, 0.15) is 0 Å². The number of hydrogen-bond acceptors (Lipinski definition) is 4. The van der Waals surface area contributed by atoms with Crippen LogP contribution in [-0.4, -0.2) is 17.4 Å². The number of aromatic nitrogens is 1. The molecule has 1 amide bonds. The maximum absolute atomic E-state index is 12.0. The highest BCUT2D eigenvalue weighted by atomic mass is 79.9. The summed E-state index contributed by atoms with van der Waals surface area (Å²) < 4.78 is 0.835. The van der Waals surface area contributed by atoms with Gasteiger partial charge in [-0.1, -0.05) is 15.9 Å². The summed E-state index contributed by atoms with van der Waals surface area (Å²) >= 11 is 4.94. The first-order valence-electron chi connectivity index (χ1n) is 5.80. The molecule has 1 heterocycles. The van der Waals surface area contributed by atoms with Crippen LogP contribution in [0.4, 0.5) is 5.69 Å². The molecular weight excluding hydrogens is 326 g/mol. The van der Waals surface area contributed by atoms with E-state index in [4.69, 9.17) is 5.73 Å². The van der Waals surface area contributed by atoms with Crippen molar-refractivity contribution in [2.45, 2.75) is 13.3 Å². The van der Waals surface area contributed by atoms with Crippen LogP contribution < -0.4 is 11.1 Å². The highest BCUT2D eigenvalue weighted by molar-refractivity contribution is 9.10. The number of rotatable bonds is 4. The fraction of sp³-hybridized carbons (Fsp3) is 0.231. The molecule has 0 bridgehead atoms. The van der Waals surface area contributed by atoms with Crippen molar-refractivity contribution in [2.75, 3.05) is 12.3 Å². The number of anilines is 1. The lowest BCUT2D eigenvalue weighted by Crippen LogP contribution is -2.26. The van der Waals surface area contributed by atoms with Crippen LogP contribution in [-0.2, 0) is 6.42 Å². The minimum absolute atomic E-state index is 0.161. The number of carbonyl (C=O) groups is 1. The summed E-state index contributed by atoms with van der Waals surface area (Å²) in [4.78, 5) is 16.3. The average Bonchev–Trinajstić information content (AvgIpc) is 2.78. The van der Waals surface area contributed by atoms with E-state index in [-0.39, 0.29) is 5.91 Å². The van der Waals surface area contributed by atoms with Gasteiger partial charge in [0, 0.05) is 28.5 Å². The molecule has 6 heteroatoms. The first-order valence-corrected chi connectivity index (χ1v) is 7.48. The number of thiazole rings is 1. The van der Waals surface area contributed by atoms with Gasteiger partial charge >= 0.3 is 0 Å². The summed E-state index contributed by atoms with van der Waals surface area (Å²) in [7, 11) is 0. The van der Waals surface area contributed by atoms with Crippen LogP contribution in [0, 0.1) is 6.92 Å². The van der Waals surface area contributed by atoms with E-state index in [2.05, 4.69) is 26.2 Å². The first-order chi connectivity index (χ1) is 9.06. The van der Waals surface area contributed by atoms with E-state index in [0.717, 1.165) is 21.6 Å². The summed E-state index contributed by atoms with van der Waals surface area (Å²) in [5.74, 6) is -0.161. The molecule has 19 heavy (non-hydrogen) atoms. The molecule has 0 radical (unpaired) electrons. The summed E-state index contributed by atoms with van der Waals surface area (Å²) in [6.07, 6.45) is 0.726. The number of carbonyl (C=O) groups excluding carboxylic acids is 1. The molecule has 0 unspecified atom stereocenters. The van der Waals surface area contributed by atoms with Crippen molar-refractivity contribution < 1.29 is 4.79 Å². The van der Waals surface area contributed by atoms with E-state index in [1.165, 1.54) is 0 Å². The monoisotopic (exact) mass is 339 g/mol. The van der Waals surface area contributed by atoms with Gasteiger partial charge < -0.3 is 11.1 Å². The molecule has 0 spiro atoms. The van der Waals surface area contributed by atoms with Gasteiger partial charge in [-0.15, -0.1) is 11.3 Å². The molecular formula is C13H14BrN3OS. The van der Waals surface area contributed by atoms with Crippen molar-refractivity contribution in [1.29, 1.82) is 0 Å². The third-order valence-electron chi connectivity index (χ3n) is 2.59. The molecule has 0 fully saturated rings. The van der Waals surface area contributed by atoms with E-state index in [0.29, 0.717) is 17.8 Å². The van der Waals surface area contributed by atoms with Crippen LogP contribution in [0.15, 0.2) is 28.1 Å². The molecule has 100 valence electrons. The third-order valence-corrected chi connectivity index (χ3v) is 3.91. The maximum Gasteiger partial charge on any atom is 0.253 e. The quantitative estimate of drug-likeness (QED) is 0.841. The van der Waals surface area contributed by atoms with Crippen molar-refractivity contribution in [1.82, 2.24) is 10.3 Å². The van der Waals surface area contributed by atoms with Crippen molar-refractivity contribution in [3.05, 3.63) is 44.3 Å². The van der Waals surface area contributed by atoms with Crippen LogP contribution in [0.25, 0.3) is 0 Å². The van der Waals surface area contributed by atoms with E-state index in [9.17, 15) is 4.79 Å². The topological polar surface area (TPSA) is 68.0 Å². The number of nitrogens with two attached hydrogens (primary N) is 1. The van der Waals surface area contributed by atoms with E-state index in [1.807, 2.05) is 18.4 Å². The number of aryl methyl sites for hydroxylation is 1. The second kappa shape index (κ2) is 6.16. The number of halogens is 1. The van der Waals surface area contributed by atoms with Crippen LogP contribution in [0.5, 0.6) is 0 Å². The number of hydrogen-bond donors (Lipinski definition) is 2. The van der Waals surface area contributed by atoms with Gasteiger partial charge in [0.05, 0.1) is 16.3 Å². The predicted molar refractivity (Wildman–Crippen MR) is 81.4 cm³/mol. The Morgan fingerprint density at radius 2 is 2.32 bits per heavy atom. The van der Waals surface area contributed by atoms with Crippen molar-refractivity contribution in [3.8, 4) is 0 Å². The molecule has 2 rings (SSSR count). The zero-order chi connectivity index (χ0) is 13.8. The third kappa shape index (κ3) is 3.78. The number of nitrogens with zero attached hydrogens (tertiary/aromatic N) is 1. The first kappa shape index (κ1) is 14.0. The van der Waals surface area contributed by atoms with Crippen LogP contribution in [0.2, 0.25) is 0 Å². The number of nitrogens with one attached hydrogen (secondary N) is 1. The molecule has 0 saturated carbocycles. The molecule has 3 N–H and O–H groups in total. The van der Waals surface area contributed by atoms with Crippen LogP contribution >= 0.6 is 27.3 Å². The van der Waals surface area contributed by atoms with Gasteiger partial charge in [-0.05, 0) is 25.1 Å². The SMILES string of the molecule is Cc1nc(CCNC(=O)c2cc(Br)ccc2N)cs1. The lowest BCUT2D eigenvalue weighted by Gasteiger charge is -2.07. The zero-order valence-corrected chi connectivity index (χ0v) is 12.8. The molecule has 4 nitrogen and oxygen atoms in total. The lowest BCUT2D eigenvalue weighted by molar-refractivity contribution is 0.0955. The van der Waals surface area contributed by atoms with Gasteiger partial charge in [-0.2, -0.15) is 0 Å². The zero-order valence-electron chi connectivity index (χ0n) is 10.4. The minimum Gasteiger partial charge on any atom is -0.398 e. The van der Waals surface area contributed by atoms with Crippen LogP contribution in [0.3, 0.4) is 0 Å². The highest BCUT2D eigenvalue weighted by Crippen LogP contribution is 2.18. The predicted octanol–water partition coefficient (Wildman–Crippen LogP) is 2.77. The average molecular weight is 340 g/mol. The van der Waals surface area contributed by atoms with Gasteiger partial charge in [0.15, 0.2) is 0 Å². The minimum atomic E-state index is -0.161. The van der Waals surface area contributed by atoms with Crippen molar-refractivity contribution in [3.63, 3.8) is 0 Å². The van der Waals surface area contributed by atoms with E-state index >= 15 is 0 Å². The Kier molecular flexibility index (Phi) is 4.55. The Hall–Kier alpha value is -1.40. The summed E-state index contributed by atoms with van der Waals surface area (Å²) in [5, 5.41) is 5.90. The standard InChI is InChI=1S/C13H14BrN3OS/c1-8-17-10(7-19-8)4-5-16-13(18)11-6-9(14)2-3-12(11)15/h2-3,6-7H,4-5,15H2,1H3,(H,16,18). The number of amides is 1. The Bertz CT molecular complexity index is 597. The summed E-state index contributed by atoms with van der Waals surface area (Å²) in [5.41, 5.74) is 7.76. The molecule has 0 atom stereocenters. The lowest BCUT2D eigenvalue weighted by atomic mass is 10.1. The fourth-order valence-corrected chi connectivity index (χ4v) is 2.66. The molecule has 0 saturated heterocycles. The Morgan fingerprint density at radius 1 is 1.53 bits per heavy atom. The summed E-state index contributed by atoms with van der Waals surface area (Å²) in [6.45, 7) is 2.52. The molecule has 1 aromatic heterocycles. The number of benzene rings is 1. The molecule has 1 aromatic carbocycles.